The van der Waals surface area contributed by atoms with Crippen LogP contribution in [0.15, 0.2) is 24.5 Å². The molecule has 7 heteroatoms. The summed E-state index contributed by atoms with van der Waals surface area (Å²) in [7, 11) is 0. The first-order valence-electron chi connectivity index (χ1n) is 11.7. The summed E-state index contributed by atoms with van der Waals surface area (Å²) in [6.07, 6.45) is 12.0. The maximum atomic E-state index is 12.8. The Morgan fingerprint density at radius 1 is 1.27 bits per heavy atom. The summed E-state index contributed by atoms with van der Waals surface area (Å²) in [5.74, 6) is 1.86. The van der Waals surface area contributed by atoms with E-state index in [0.29, 0.717) is 17.5 Å². The van der Waals surface area contributed by atoms with E-state index in [0.717, 1.165) is 63.4 Å². The zero-order chi connectivity index (χ0) is 20.5. The molecule has 5 rings (SSSR count). The van der Waals surface area contributed by atoms with E-state index in [4.69, 9.17) is 4.74 Å². The van der Waals surface area contributed by atoms with Gasteiger partial charge in [-0.2, -0.15) is 0 Å². The Morgan fingerprint density at radius 2 is 2.10 bits per heavy atom. The van der Waals surface area contributed by atoms with Crippen LogP contribution in [0.4, 0.5) is 0 Å². The molecule has 0 spiro atoms. The lowest BCUT2D eigenvalue weighted by Crippen LogP contribution is -2.38. The van der Waals surface area contributed by atoms with Gasteiger partial charge in [0.05, 0.1) is 17.8 Å². The van der Waals surface area contributed by atoms with Crippen molar-refractivity contribution in [2.45, 2.75) is 64.0 Å². The highest BCUT2D eigenvalue weighted by Gasteiger charge is 2.45. The van der Waals surface area contributed by atoms with E-state index in [9.17, 15) is 4.79 Å². The zero-order valence-electron chi connectivity index (χ0n) is 17.9. The lowest BCUT2D eigenvalue weighted by atomic mass is 9.77. The molecule has 2 aromatic rings. The first-order valence-corrected chi connectivity index (χ1v) is 11.7. The van der Waals surface area contributed by atoms with E-state index in [1.165, 1.54) is 12.8 Å². The molecule has 1 amide bonds. The average Bonchev–Trinajstić information content (AvgIpc) is 3.17. The van der Waals surface area contributed by atoms with Crippen molar-refractivity contribution in [2.75, 3.05) is 19.7 Å². The fourth-order valence-corrected chi connectivity index (χ4v) is 5.14. The monoisotopic (exact) mass is 411 g/mol. The molecule has 0 bridgehead atoms. The number of aryl methyl sites for hydroxylation is 1. The van der Waals surface area contributed by atoms with Crippen LogP contribution >= 0.6 is 0 Å². The molecule has 0 radical (unpaired) electrons. The van der Waals surface area contributed by atoms with Crippen LogP contribution in [-0.2, 0) is 11.2 Å². The third kappa shape index (κ3) is 4.17. The molecule has 1 N–H and O–H groups in total. The van der Waals surface area contributed by atoms with E-state index in [-0.39, 0.29) is 18.1 Å². The number of fused-ring (bicyclic) bond motifs is 1. The summed E-state index contributed by atoms with van der Waals surface area (Å²) in [5, 5.41) is 8.92. The summed E-state index contributed by atoms with van der Waals surface area (Å²) in [4.78, 5) is 17.9. The fraction of sp³-hybridized carbons (Fsp3) is 0.696. The molecule has 30 heavy (non-hydrogen) atoms. The first-order chi connectivity index (χ1) is 14.7. The van der Waals surface area contributed by atoms with E-state index >= 15 is 0 Å². The third-order valence-electron chi connectivity index (χ3n) is 7.13. The minimum Gasteiger partial charge on any atom is -0.376 e. The van der Waals surface area contributed by atoms with Crippen molar-refractivity contribution in [1.82, 2.24) is 24.9 Å². The number of nitrogens with one attached hydrogen (secondary N) is 1. The maximum absolute atomic E-state index is 12.8. The quantitative estimate of drug-likeness (QED) is 0.722. The van der Waals surface area contributed by atoms with Crippen molar-refractivity contribution in [3.8, 4) is 0 Å². The van der Waals surface area contributed by atoms with Gasteiger partial charge in [0, 0.05) is 32.1 Å². The highest BCUT2D eigenvalue weighted by atomic mass is 16.5. The fourth-order valence-electron chi connectivity index (χ4n) is 5.14. The van der Waals surface area contributed by atoms with Crippen LogP contribution in [0.2, 0.25) is 0 Å². The van der Waals surface area contributed by atoms with Gasteiger partial charge in [0.25, 0.3) is 5.91 Å². The minimum absolute atomic E-state index is 0.115. The van der Waals surface area contributed by atoms with E-state index in [2.05, 4.69) is 33.1 Å². The largest absolute Gasteiger partial charge is 0.376 e. The zero-order valence-corrected chi connectivity index (χ0v) is 17.9. The van der Waals surface area contributed by atoms with Crippen molar-refractivity contribution in [2.24, 2.45) is 17.8 Å². The van der Waals surface area contributed by atoms with Gasteiger partial charge >= 0.3 is 0 Å². The lowest BCUT2D eigenvalue weighted by molar-refractivity contribution is -0.0375. The molecular formula is C23H33N5O2. The molecule has 2 saturated carbocycles. The number of aromatic amines is 1. The van der Waals surface area contributed by atoms with Gasteiger partial charge in [0.15, 0.2) is 0 Å². The molecule has 7 nitrogen and oxygen atoms in total. The van der Waals surface area contributed by atoms with Crippen molar-refractivity contribution in [1.29, 1.82) is 0 Å². The van der Waals surface area contributed by atoms with Gasteiger partial charge < -0.3 is 14.6 Å². The predicted molar refractivity (Wildman–Crippen MR) is 113 cm³/mol. The number of carbonyl (C=O) groups excluding carboxylic acids is 1. The number of hydrogen-bond acceptors (Lipinski definition) is 4. The Balaban J connectivity index is 1.30. The van der Waals surface area contributed by atoms with Gasteiger partial charge in [0.2, 0.25) is 0 Å². The number of ether oxygens (including phenoxy) is 1. The summed E-state index contributed by atoms with van der Waals surface area (Å²) in [6, 6.07) is 3.96. The molecule has 3 aliphatic rings. The van der Waals surface area contributed by atoms with Gasteiger partial charge in [-0.15, -0.1) is 5.10 Å². The van der Waals surface area contributed by atoms with Crippen LogP contribution in [0.5, 0.6) is 0 Å². The van der Waals surface area contributed by atoms with Gasteiger partial charge in [-0.05, 0) is 68.4 Å². The molecule has 2 aromatic heterocycles. The summed E-state index contributed by atoms with van der Waals surface area (Å²) >= 11 is 0. The second-order valence-electron chi connectivity index (χ2n) is 9.46. The lowest BCUT2D eigenvalue weighted by Gasteiger charge is -2.37. The Hall–Kier alpha value is -2.15. The van der Waals surface area contributed by atoms with Gasteiger partial charge in [-0.1, -0.05) is 18.6 Å². The van der Waals surface area contributed by atoms with Crippen LogP contribution < -0.4 is 0 Å². The minimum atomic E-state index is 0.115. The smallest absolute Gasteiger partial charge is 0.270 e. The van der Waals surface area contributed by atoms with Crippen molar-refractivity contribution < 1.29 is 9.53 Å². The van der Waals surface area contributed by atoms with Gasteiger partial charge in [-0.25, -0.2) is 4.68 Å². The third-order valence-corrected chi connectivity index (χ3v) is 7.13. The van der Waals surface area contributed by atoms with Crippen molar-refractivity contribution in [3.05, 3.63) is 35.9 Å². The number of amides is 1. The van der Waals surface area contributed by atoms with Crippen LogP contribution in [0.1, 0.15) is 67.7 Å². The number of unbranched alkanes of at least 4 members (excludes halogenated alkanes) is 1. The van der Waals surface area contributed by atoms with Gasteiger partial charge in [-0.3, -0.25) is 4.79 Å². The summed E-state index contributed by atoms with van der Waals surface area (Å²) in [5.41, 5.74) is 1.76. The highest BCUT2D eigenvalue weighted by molar-refractivity contribution is 5.92. The second kappa shape index (κ2) is 8.53. The van der Waals surface area contributed by atoms with Crippen LogP contribution in [0.25, 0.3) is 0 Å². The molecule has 0 aromatic carbocycles. The Labute approximate surface area is 178 Å². The first kappa shape index (κ1) is 19.8. The number of H-pyrrole nitrogens is 1. The second-order valence-corrected chi connectivity index (χ2v) is 9.46. The molecule has 2 aliphatic carbocycles. The molecule has 1 aliphatic heterocycles. The summed E-state index contributed by atoms with van der Waals surface area (Å²) in [6.45, 7) is 4.72. The van der Waals surface area contributed by atoms with Gasteiger partial charge in [0.1, 0.15) is 5.69 Å². The number of rotatable bonds is 8. The number of carbonyl (C=O) groups is 1. The topological polar surface area (TPSA) is 76.0 Å². The van der Waals surface area contributed by atoms with Crippen molar-refractivity contribution in [3.63, 3.8) is 0 Å². The van der Waals surface area contributed by atoms with E-state index in [1.807, 2.05) is 23.2 Å². The predicted octanol–water partition coefficient (Wildman–Crippen LogP) is 3.47. The van der Waals surface area contributed by atoms with E-state index in [1.54, 1.807) is 0 Å². The molecule has 3 fully saturated rings. The number of likely N-dealkylation sites (tertiary alicyclic amines) is 1. The maximum Gasteiger partial charge on any atom is 0.270 e. The summed E-state index contributed by atoms with van der Waals surface area (Å²) < 4.78 is 8.51. The molecular weight excluding hydrogens is 378 g/mol. The van der Waals surface area contributed by atoms with Crippen molar-refractivity contribution >= 4 is 5.91 Å². The Morgan fingerprint density at radius 3 is 2.83 bits per heavy atom. The Kier molecular flexibility index (Phi) is 5.63. The van der Waals surface area contributed by atoms with Crippen LogP contribution in [0, 0.1) is 17.8 Å². The Bertz CT molecular complexity index is 844. The number of nitrogens with zero attached hydrogens (tertiary/aromatic N) is 4. The van der Waals surface area contributed by atoms with E-state index < -0.39 is 0 Å². The number of hydrogen-bond donors (Lipinski definition) is 1. The molecule has 162 valence electrons. The molecule has 4 atom stereocenters. The highest BCUT2D eigenvalue weighted by Crippen LogP contribution is 2.43. The number of aromatic nitrogens is 4. The molecule has 0 unspecified atom stereocenters. The van der Waals surface area contributed by atoms with Crippen LogP contribution in [0.3, 0.4) is 0 Å². The standard InChI is InChI=1S/C23H33N5O2/c1-2-3-5-19-14-28(26-25-19)21-10-17-12-27(23(29)20-6-4-9-24-20)13-18(17)11-22(21)30-15-16-7-8-16/h4,6,9,14,16-18,21-22,24H,2-3,5,7-8,10-13,15H2,1H3/t17-,18+,21-,22-/m1/s1. The SMILES string of the molecule is CCCCc1cn([C@@H]2C[C@@H]3CN(C(=O)c4ccc[nH]4)C[C@@H]3C[C@H]2OCC2CC2)nn1. The van der Waals surface area contributed by atoms with Crippen LogP contribution in [-0.4, -0.2) is 56.6 Å². The molecule has 3 heterocycles. The average molecular weight is 412 g/mol. The molecule has 1 saturated heterocycles. The normalized spacial score (nSPS) is 28.6.